The zero-order chi connectivity index (χ0) is 22.6. The minimum absolute atomic E-state index is 0.177. The number of nitro groups is 2. The summed E-state index contributed by atoms with van der Waals surface area (Å²) in [7, 11) is 1.49. The van der Waals surface area contributed by atoms with E-state index in [1.807, 2.05) is 12.2 Å². The Labute approximate surface area is 173 Å². The lowest BCUT2D eigenvalue weighted by atomic mass is 9.94. The number of ether oxygens (including phenoxy) is 1. The van der Waals surface area contributed by atoms with Gasteiger partial charge in [0.05, 0.1) is 33.6 Å². The molecular weight excluding hydrogens is 396 g/mol. The smallest absolute Gasteiger partial charge is 0.407 e. The average Bonchev–Trinajstić information content (AvgIpc) is 2.65. The lowest BCUT2D eigenvalue weighted by Gasteiger charge is -2.36. The van der Waals surface area contributed by atoms with Crippen molar-refractivity contribution in [2.24, 2.45) is 0 Å². The summed E-state index contributed by atoms with van der Waals surface area (Å²) in [5.74, 6) is -0.627. The number of rotatable bonds is 5. The number of nitrogens with zero attached hydrogens (tertiary/aromatic N) is 3. The Morgan fingerprint density at radius 2 is 1.60 bits per heavy atom. The van der Waals surface area contributed by atoms with Gasteiger partial charge in [0.1, 0.15) is 5.60 Å². The quantitative estimate of drug-likeness (QED) is 0.437. The van der Waals surface area contributed by atoms with Gasteiger partial charge in [0.2, 0.25) is 0 Å². The maximum Gasteiger partial charge on any atom is 0.407 e. The van der Waals surface area contributed by atoms with Gasteiger partial charge in [0.25, 0.3) is 17.3 Å². The first-order valence-corrected chi connectivity index (χ1v) is 9.24. The molecule has 1 aromatic carbocycles. The number of likely N-dealkylation sites (N-methyl/N-ethyl adjacent to an activating group) is 1. The summed E-state index contributed by atoms with van der Waals surface area (Å²) in [5, 5.41) is 24.9. The molecule has 0 spiro atoms. The number of carbonyl (C=O) groups excluding carboxylic acids is 2. The number of amides is 2. The predicted octanol–water partition coefficient (Wildman–Crippen LogP) is 3.19. The summed E-state index contributed by atoms with van der Waals surface area (Å²) in [6, 6.07) is 1.88. The van der Waals surface area contributed by atoms with Gasteiger partial charge < -0.3 is 15.0 Å². The molecular formula is C19H24N4O7. The van der Waals surface area contributed by atoms with Crippen molar-refractivity contribution >= 4 is 23.4 Å². The number of benzene rings is 1. The van der Waals surface area contributed by atoms with E-state index in [4.69, 9.17) is 4.74 Å². The molecule has 2 atom stereocenters. The fraction of sp³-hybridized carbons (Fsp3) is 0.474. The van der Waals surface area contributed by atoms with E-state index in [1.165, 1.54) is 11.9 Å². The molecule has 2 amide bonds. The first kappa shape index (κ1) is 22.8. The zero-order valence-corrected chi connectivity index (χ0v) is 17.2. The van der Waals surface area contributed by atoms with Crippen molar-refractivity contribution < 1.29 is 24.2 Å². The Balaban J connectivity index is 2.26. The molecule has 0 heterocycles. The molecule has 2 rings (SSSR count). The van der Waals surface area contributed by atoms with Crippen molar-refractivity contribution in [2.45, 2.75) is 51.3 Å². The van der Waals surface area contributed by atoms with E-state index in [0.717, 1.165) is 18.2 Å². The number of nitrogens with one attached hydrogen (secondary N) is 1. The Kier molecular flexibility index (Phi) is 6.75. The fourth-order valence-electron chi connectivity index (χ4n) is 3.13. The van der Waals surface area contributed by atoms with Crippen LogP contribution in [0.5, 0.6) is 0 Å². The maximum absolute atomic E-state index is 13.0. The lowest BCUT2D eigenvalue weighted by molar-refractivity contribution is -0.394. The van der Waals surface area contributed by atoms with E-state index in [0.29, 0.717) is 12.8 Å². The molecule has 1 aliphatic rings. The number of hydrogen-bond acceptors (Lipinski definition) is 7. The molecule has 0 bridgehead atoms. The first-order chi connectivity index (χ1) is 13.9. The van der Waals surface area contributed by atoms with Crippen LogP contribution in [0.4, 0.5) is 16.2 Å². The van der Waals surface area contributed by atoms with Crippen LogP contribution in [0.25, 0.3) is 0 Å². The standard InChI is InChI=1S/C19H24N4O7/c1-19(2,3)30-18(25)20-15-7-5-6-8-16(15)21(4)17(24)12-9-13(22(26)27)11-14(10-12)23(28)29/h5-6,9-11,15-16H,7-8H2,1-4H3,(H,20,25)/t15?,16-/m0/s1. The topological polar surface area (TPSA) is 145 Å². The van der Waals surface area contributed by atoms with Gasteiger partial charge in [0, 0.05) is 19.2 Å². The first-order valence-electron chi connectivity index (χ1n) is 9.24. The van der Waals surface area contributed by atoms with Crippen molar-refractivity contribution in [1.29, 1.82) is 0 Å². The summed E-state index contributed by atoms with van der Waals surface area (Å²) in [6.07, 6.45) is 3.99. The van der Waals surface area contributed by atoms with E-state index in [1.54, 1.807) is 20.8 Å². The number of nitro benzene ring substituents is 2. The van der Waals surface area contributed by atoms with Gasteiger partial charge in [-0.15, -0.1) is 0 Å². The molecule has 0 fully saturated rings. The van der Waals surface area contributed by atoms with Gasteiger partial charge in [-0.1, -0.05) is 12.2 Å². The molecule has 11 nitrogen and oxygen atoms in total. The van der Waals surface area contributed by atoms with Crippen LogP contribution in [-0.2, 0) is 4.74 Å². The van der Waals surface area contributed by atoms with Crippen molar-refractivity contribution in [3.05, 3.63) is 56.1 Å². The van der Waals surface area contributed by atoms with Gasteiger partial charge in [-0.2, -0.15) is 0 Å². The largest absolute Gasteiger partial charge is 0.444 e. The molecule has 1 aromatic rings. The molecule has 30 heavy (non-hydrogen) atoms. The van der Waals surface area contributed by atoms with Crippen molar-refractivity contribution in [3.63, 3.8) is 0 Å². The molecule has 0 radical (unpaired) electrons. The summed E-state index contributed by atoms with van der Waals surface area (Å²) >= 11 is 0. The molecule has 162 valence electrons. The Morgan fingerprint density at radius 3 is 2.10 bits per heavy atom. The number of non-ortho nitro benzene ring substituents is 2. The van der Waals surface area contributed by atoms with Crippen LogP contribution in [-0.4, -0.2) is 51.5 Å². The van der Waals surface area contributed by atoms with Crippen molar-refractivity contribution in [3.8, 4) is 0 Å². The molecule has 1 aliphatic carbocycles. The van der Waals surface area contributed by atoms with Crippen LogP contribution in [0.2, 0.25) is 0 Å². The van der Waals surface area contributed by atoms with Crippen LogP contribution in [0.3, 0.4) is 0 Å². The highest BCUT2D eigenvalue weighted by molar-refractivity contribution is 5.95. The molecule has 1 unspecified atom stereocenters. The van der Waals surface area contributed by atoms with Gasteiger partial charge in [-0.05, 0) is 33.6 Å². The van der Waals surface area contributed by atoms with Crippen LogP contribution in [0, 0.1) is 20.2 Å². The maximum atomic E-state index is 13.0. The summed E-state index contributed by atoms with van der Waals surface area (Å²) in [6.45, 7) is 5.20. The van der Waals surface area contributed by atoms with Crippen molar-refractivity contribution in [1.82, 2.24) is 10.2 Å². The van der Waals surface area contributed by atoms with Crippen LogP contribution in [0.1, 0.15) is 44.0 Å². The van der Waals surface area contributed by atoms with E-state index in [-0.39, 0.29) is 5.56 Å². The highest BCUT2D eigenvalue weighted by Gasteiger charge is 2.33. The second-order valence-electron chi connectivity index (χ2n) is 7.93. The third-order valence-electron chi connectivity index (χ3n) is 4.49. The number of carbonyl (C=O) groups is 2. The normalized spacial score (nSPS) is 18.4. The van der Waals surface area contributed by atoms with E-state index < -0.39 is 50.9 Å². The van der Waals surface area contributed by atoms with E-state index >= 15 is 0 Å². The fourth-order valence-corrected chi connectivity index (χ4v) is 3.13. The van der Waals surface area contributed by atoms with Gasteiger partial charge >= 0.3 is 6.09 Å². The van der Waals surface area contributed by atoms with Crippen LogP contribution >= 0.6 is 0 Å². The predicted molar refractivity (Wildman–Crippen MR) is 107 cm³/mol. The Bertz CT molecular complexity index is 859. The zero-order valence-electron chi connectivity index (χ0n) is 17.2. The number of alkyl carbamates (subject to hydrolysis) is 1. The van der Waals surface area contributed by atoms with Gasteiger partial charge in [-0.3, -0.25) is 25.0 Å². The van der Waals surface area contributed by atoms with Crippen molar-refractivity contribution in [2.75, 3.05) is 7.05 Å². The Hall–Kier alpha value is -3.50. The summed E-state index contributed by atoms with van der Waals surface area (Å²) in [4.78, 5) is 47.1. The van der Waals surface area contributed by atoms with Gasteiger partial charge in [-0.25, -0.2) is 4.79 Å². The third kappa shape index (κ3) is 5.75. The molecule has 0 aliphatic heterocycles. The third-order valence-corrected chi connectivity index (χ3v) is 4.49. The SMILES string of the molecule is CN(C(=O)c1cc([N+](=O)[O-])cc([N+](=O)[O-])c1)[C@H]1CC=CCC1NC(=O)OC(C)(C)C. The number of hydrogen-bond donors (Lipinski definition) is 1. The second-order valence-corrected chi connectivity index (χ2v) is 7.93. The van der Waals surface area contributed by atoms with Crippen LogP contribution in [0.15, 0.2) is 30.4 Å². The molecule has 1 N–H and O–H groups in total. The molecule has 0 saturated heterocycles. The Morgan fingerprint density at radius 1 is 1.07 bits per heavy atom. The summed E-state index contributed by atoms with van der Waals surface area (Å²) < 4.78 is 5.27. The highest BCUT2D eigenvalue weighted by atomic mass is 16.6. The van der Waals surface area contributed by atoms with Gasteiger partial charge in [0.15, 0.2) is 0 Å². The second kappa shape index (κ2) is 8.89. The van der Waals surface area contributed by atoms with Crippen LogP contribution < -0.4 is 5.32 Å². The molecule has 11 heteroatoms. The minimum atomic E-state index is -0.792. The summed E-state index contributed by atoms with van der Waals surface area (Å²) in [5.41, 5.74) is -1.96. The van der Waals surface area contributed by atoms with E-state index in [2.05, 4.69) is 5.32 Å². The monoisotopic (exact) mass is 420 g/mol. The molecule has 0 saturated carbocycles. The minimum Gasteiger partial charge on any atom is -0.444 e. The lowest BCUT2D eigenvalue weighted by Crippen LogP contribution is -2.53. The highest BCUT2D eigenvalue weighted by Crippen LogP contribution is 2.26. The molecule has 0 aromatic heterocycles. The van der Waals surface area contributed by atoms with E-state index in [9.17, 15) is 29.8 Å². The average molecular weight is 420 g/mol.